The predicted molar refractivity (Wildman–Crippen MR) is 110 cm³/mol. The lowest BCUT2D eigenvalue weighted by Crippen LogP contribution is -2.39. The molecule has 152 valence electrons. The first-order valence-corrected chi connectivity index (χ1v) is 9.53. The van der Waals surface area contributed by atoms with Crippen LogP contribution in [0.4, 0.5) is 5.69 Å². The van der Waals surface area contributed by atoms with Crippen molar-refractivity contribution in [2.45, 2.75) is 18.4 Å². The van der Waals surface area contributed by atoms with Gasteiger partial charge in [0.1, 0.15) is 17.1 Å². The van der Waals surface area contributed by atoms with Gasteiger partial charge < -0.3 is 29.6 Å². The number of hydrogen-bond donors (Lipinski definition) is 3. The minimum atomic E-state index is -0.854. The van der Waals surface area contributed by atoms with E-state index in [2.05, 4.69) is 10.6 Å². The molecular formula is C22H24N2O5. The highest BCUT2D eigenvalue weighted by Gasteiger charge is 2.31. The third-order valence-electron chi connectivity index (χ3n) is 5.36. The van der Waals surface area contributed by atoms with E-state index in [1.807, 2.05) is 12.1 Å². The molecule has 2 aromatic carbocycles. The standard InChI is InChI=1S/C22H24N2O5/c1-27-16-4-6-19(28-2)17(13-16)24-21(25)20-12-14-11-15(3-5-18(14)29-20)22(26)7-9-23-10-8-22/h3-6,11-13,23,26H,7-10H2,1-2H3,(H,24,25). The number of nitrogens with one attached hydrogen (secondary N) is 2. The largest absolute Gasteiger partial charge is 0.497 e. The minimum absolute atomic E-state index is 0.180. The number of benzene rings is 2. The first kappa shape index (κ1) is 19.3. The van der Waals surface area contributed by atoms with Gasteiger partial charge in [0.25, 0.3) is 5.91 Å². The number of fused-ring (bicyclic) bond motifs is 1. The van der Waals surface area contributed by atoms with Gasteiger partial charge in [0.05, 0.1) is 25.5 Å². The second-order valence-electron chi connectivity index (χ2n) is 7.17. The van der Waals surface area contributed by atoms with Gasteiger partial charge in [0.2, 0.25) is 0 Å². The zero-order valence-corrected chi connectivity index (χ0v) is 16.5. The molecule has 7 heteroatoms. The fraction of sp³-hybridized carbons (Fsp3) is 0.318. The zero-order valence-electron chi connectivity index (χ0n) is 16.5. The van der Waals surface area contributed by atoms with E-state index in [1.165, 1.54) is 7.11 Å². The molecule has 1 amide bonds. The van der Waals surface area contributed by atoms with Crippen LogP contribution in [0.15, 0.2) is 46.9 Å². The maximum atomic E-state index is 12.7. The first-order valence-electron chi connectivity index (χ1n) is 9.53. The topological polar surface area (TPSA) is 93.0 Å². The summed E-state index contributed by atoms with van der Waals surface area (Å²) in [7, 11) is 3.09. The third-order valence-corrected chi connectivity index (χ3v) is 5.36. The fourth-order valence-electron chi connectivity index (χ4n) is 3.67. The summed E-state index contributed by atoms with van der Waals surface area (Å²) in [6.07, 6.45) is 1.30. The van der Waals surface area contributed by atoms with Crippen LogP contribution in [0.25, 0.3) is 11.0 Å². The van der Waals surface area contributed by atoms with Crippen LogP contribution in [0, 0.1) is 0 Å². The van der Waals surface area contributed by atoms with E-state index in [-0.39, 0.29) is 5.76 Å². The van der Waals surface area contributed by atoms with Crippen molar-refractivity contribution in [3.63, 3.8) is 0 Å². The first-order chi connectivity index (χ1) is 14.0. The smallest absolute Gasteiger partial charge is 0.291 e. The van der Waals surface area contributed by atoms with Crippen molar-refractivity contribution < 1.29 is 23.8 Å². The fourth-order valence-corrected chi connectivity index (χ4v) is 3.67. The summed E-state index contributed by atoms with van der Waals surface area (Å²) in [5.74, 6) is 0.908. The van der Waals surface area contributed by atoms with E-state index in [9.17, 15) is 9.90 Å². The second kappa shape index (κ2) is 7.77. The molecule has 0 aliphatic carbocycles. The van der Waals surface area contributed by atoms with E-state index in [4.69, 9.17) is 13.9 Å². The molecule has 0 bridgehead atoms. The molecule has 3 aromatic rings. The van der Waals surface area contributed by atoms with Gasteiger partial charge in [0.15, 0.2) is 5.76 Å². The van der Waals surface area contributed by atoms with Crippen LogP contribution in [-0.2, 0) is 5.60 Å². The lowest BCUT2D eigenvalue weighted by atomic mass is 9.85. The predicted octanol–water partition coefficient (Wildman–Crippen LogP) is 3.27. The maximum absolute atomic E-state index is 12.7. The van der Waals surface area contributed by atoms with E-state index in [1.54, 1.807) is 37.4 Å². The van der Waals surface area contributed by atoms with Gasteiger partial charge in [-0.25, -0.2) is 0 Å². The number of piperidine rings is 1. The number of rotatable bonds is 5. The Balaban J connectivity index is 1.60. The molecule has 0 unspecified atom stereocenters. The highest BCUT2D eigenvalue weighted by molar-refractivity contribution is 6.05. The quantitative estimate of drug-likeness (QED) is 0.613. The van der Waals surface area contributed by atoms with Crippen LogP contribution in [0.2, 0.25) is 0 Å². The highest BCUT2D eigenvalue weighted by Crippen LogP contribution is 2.34. The van der Waals surface area contributed by atoms with Crippen molar-refractivity contribution in [3.05, 3.63) is 53.8 Å². The van der Waals surface area contributed by atoms with Gasteiger partial charge in [-0.1, -0.05) is 6.07 Å². The second-order valence-corrected chi connectivity index (χ2v) is 7.17. The number of anilines is 1. The Morgan fingerprint density at radius 3 is 2.62 bits per heavy atom. The lowest BCUT2D eigenvalue weighted by molar-refractivity contribution is 0.00605. The molecule has 0 atom stereocenters. The molecule has 0 saturated carbocycles. The van der Waals surface area contributed by atoms with E-state index < -0.39 is 11.5 Å². The molecule has 0 spiro atoms. The van der Waals surface area contributed by atoms with Crippen LogP contribution in [0.5, 0.6) is 11.5 Å². The number of amides is 1. The van der Waals surface area contributed by atoms with Crippen molar-refractivity contribution in [1.29, 1.82) is 0 Å². The third kappa shape index (κ3) is 3.79. The van der Waals surface area contributed by atoms with Crippen LogP contribution in [-0.4, -0.2) is 38.3 Å². The van der Waals surface area contributed by atoms with Crippen LogP contribution in [0.1, 0.15) is 29.0 Å². The number of hydrogen-bond acceptors (Lipinski definition) is 6. The van der Waals surface area contributed by atoms with Gasteiger partial charge in [-0.3, -0.25) is 4.79 Å². The normalized spacial score (nSPS) is 15.8. The average molecular weight is 396 g/mol. The molecule has 29 heavy (non-hydrogen) atoms. The van der Waals surface area contributed by atoms with Gasteiger partial charge in [-0.05, 0) is 61.8 Å². The number of aliphatic hydroxyl groups is 1. The molecule has 1 saturated heterocycles. The summed E-state index contributed by atoms with van der Waals surface area (Å²) in [6, 6.07) is 12.4. The monoisotopic (exact) mass is 396 g/mol. The summed E-state index contributed by atoms with van der Waals surface area (Å²) in [5, 5.41) is 17.8. The Bertz CT molecular complexity index is 1040. The van der Waals surface area contributed by atoms with Crippen molar-refractivity contribution >= 4 is 22.6 Å². The van der Waals surface area contributed by atoms with Crippen LogP contribution < -0.4 is 20.1 Å². The Morgan fingerprint density at radius 1 is 1.10 bits per heavy atom. The summed E-state index contributed by atoms with van der Waals surface area (Å²) in [5.41, 5.74) is 1.07. The van der Waals surface area contributed by atoms with Gasteiger partial charge in [-0.2, -0.15) is 0 Å². The van der Waals surface area contributed by atoms with Crippen molar-refractivity contribution in [2.24, 2.45) is 0 Å². The van der Waals surface area contributed by atoms with E-state index >= 15 is 0 Å². The Morgan fingerprint density at radius 2 is 1.90 bits per heavy atom. The summed E-state index contributed by atoms with van der Waals surface area (Å²) >= 11 is 0. The van der Waals surface area contributed by atoms with Crippen molar-refractivity contribution in [2.75, 3.05) is 32.6 Å². The molecule has 3 N–H and O–H groups in total. The van der Waals surface area contributed by atoms with E-state index in [0.29, 0.717) is 35.6 Å². The molecule has 1 fully saturated rings. The zero-order chi connectivity index (χ0) is 20.4. The average Bonchev–Trinajstić information content (AvgIpc) is 3.18. The van der Waals surface area contributed by atoms with Crippen molar-refractivity contribution in [1.82, 2.24) is 5.32 Å². The van der Waals surface area contributed by atoms with E-state index in [0.717, 1.165) is 24.0 Å². The van der Waals surface area contributed by atoms with Gasteiger partial charge >= 0.3 is 0 Å². The lowest BCUT2D eigenvalue weighted by Gasteiger charge is -2.33. The summed E-state index contributed by atoms with van der Waals surface area (Å²) in [6.45, 7) is 1.55. The number of carbonyl (C=O) groups is 1. The number of ether oxygens (including phenoxy) is 2. The molecule has 1 aromatic heterocycles. The Kier molecular flexibility index (Phi) is 5.17. The maximum Gasteiger partial charge on any atom is 0.291 e. The summed E-state index contributed by atoms with van der Waals surface area (Å²) in [4.78, 5) is 12.7. The summed E-state index contributed by atoms with van der Waals surface area (Å²) < 4.78 is 16.2. The number of carbonyl (C=O) groups excluding carboxylic acids is 1. The van der Waals surface area contributed by atoms with Crippen LogP contribution >= 0.6 is 0 Å². The Labute approximate surface area is 168 Å². The highest BCUT2D eigenvalue weighted by atomic mass is 16.5. The molecule has 2 heterocycles. The SMILES string of the molecule is COc1ccc(OC)c(NC(=O)c2cc3cc(C4(O)CCNCC4)ccc3o2)c1. The molecule has 1 aliphatic rings. The molecule has 0 radical (unpaired) electrons. The Hall–Kier alpha value is -3.03. The molecule has 1 aliphatic heterocycles. The molecular weight excluding hydrogens is 372 g/mol. The molecule has 4 rings (SSSR count). The minimum Gasteiger partial charge on any atom is -0.497 e. The van der Waals surface area contributed by atoms with Crippen LogP contribution in [0.3, 0.4) is 0 Å². The molecule has 7 nitrogen and oxygen atoms in total. The van der Waals surface area contributed by atoms with Crippen molar-refractivity contribution in [3.8, 4) is 11.5 Å². The number of furan rings is 1. The van der Waals surface area contributed by atoms with Gasteiger partial charge in [0, 0.05) is 11.5 Å². The van der Waals surface area contributed by atoms with Gasteiger partial charge in [-0.15, -0.1) is 0 Å². The number of methoxy groups -OCH3 is 2.